The maximum atomic E-state index is 12.9. The Kier molecular flexibility index (Phi) is 49.1. The van der Waals surface area contributed by atoms with Gasteiger partial charge in [-0.15, -0.1) is 37.6 Å². The molecule has 23 nitrogen and oxygen atoms in total. The van der Waals surface area contributed by atoms with Crippen molar-refractivity contribution in [3.8, 4) is 11.5 Å². The zero-order valence-corrected chi connectivity index (χ0v) is 64.3. The SMILES string of the molecule is C.CC(C)COC(=O)Oc1cc2c3c(cccc3c1)C(=O)N(O)C2=O.CC(C)COC(=O)Oc1cc2c3c(cccc3c1)C(=O)N(OS(=O)(=O)F)C2=O.CCN(C(C)C)C(C)C.C[Si](C)(C)Cl.ClCCl.O=C(CF)OCCC1CCCCC1.O=C(CF)OCCC1CCCCC1.O=S(=O)(F)F.[B][B]. The first-order valence-corrected chi connectivity index (χ1v) is 40.7. The first kappa shape index (κ1) is 98.9. The number of carbonyl (C=O) groups is 8. The third-order valence-corrected chi connectivity index (χ3v) is 14.5. The molecule has 4 aliphatic rings. The van der Waals surface area contributed by atoms with Gasteiger partial charge in [0.2, 0.25) is 0 Å². The molecule has 4 aromatic rings. The van der Waals surface area contributed by atoms with E-state index in [1.165, 1.54) is 101 Å². The molecule has 103 heavy (non-hydrogen) atoms. The quantitative estimate of drug-likeness (QED) is 0.00871. The Balaban J connectivity index is 0. The Bertz CT molecular complexity index is 3480. The minimum Gasteiger partial charge on any atom is -0.464 e. The van der Waals surface area contributed by atoms with E-state index in [9.17, 15) is 72.4 Å². The number of ether oxygens (including phenoxy) is 6. The van der Waals surface area contributed by atoms with Gasteiger partial charge in [0.1, 0.15) is 18.9 Å². The normalized spacial score (nSPS) is 14.0. The van der Waals surface area contributed by atoms with Crippen molar-refractivity contribution in [1.29, 1.82) is 0 Å². The molecule has 0 spiro atoms. The lowest BCUT2D eigenvalue weighted by atomic mass is 9.81. The fourth-order valence-electron chi connectivity index (χ4n) is 10.2. The monoisotopic (exact) mass is 1580 g/mol. The van der Waals surface area contributed by atoms with Gasteiger partial charge in [0.15, 0.2) is 13.3 Å². The highest BCUT2D eigenvalue weighted by atomic mass is 35.6. The van der Waals surface area contributed by atoms with E-state index in [4.69, 9.17) is 61.6 Å². The maximum absolute atomic E-state index is 12.9. The molecule has 1 N–H and O–H groups in total. The van der Waals surface area contributed by atoms with Crippen molar-refractivity contribution in [2.24, 2.45) is 23.7 Å². The average Bonchev–Trinajstić information content (AvgIpc) is 0.752. The van der Waals surface area contributed by atoms with Crippen molar-refractivity contribution in [3.05, 3.63) is 82.9 Å². The second-order valence-electron chi connectivity index (χ2n) is 25.0. The van der Waals surface area contributed by atoms with Gasteiger partial charge in [-0.3, -0.25) is 29.3 Å². The summed E-state index contributed by atoms with van der Waals surface area (Å²) in [7, 11) is -4.43. The van der Waals surface area contributed by atoms with Crippen LogP contribution in [0.5, 0.6) is 11.5 Å². The summed E-state index contributed by atoms with van der Waals surface area (Å²) >= 11 is 15.2. The number of halogens is 8. The zero-order chi connectivity index (χ0) is 78.3. The van der Waals surface area contributed by atoms with E-state index in [0.717, 1.165) is 25.5 Å². The number of hydroxylamine groups is 4. The summed E-state index contributed by atoms with van der Waals surface area (Å²) in [5.74, 6) is -3.84. The number of carbonyl (C=O) groups excluding carboxylic acids is 8. The topological polar surface area (TPSA) is 299 Å². The summed E-state index contributed by atoms with van der Waals surface area (Å²) in [5, 5.41) is 11.2. The minimum atomic E-state index is -5.67. The number of hydrogen-bond donors (Lipinski definition) is 1. The molecule has 4 aromatic carbocycles. The molecule has 36 heteroatoms. The highest BCUT2D eigenvalue weighted by molar-refractivity contribution is 7.81. The molecular formula is C67H97B2Cl3F5N3O20S2Si. The highest BCUT2D eigenvalue weighted by Crippen LogP contribution is 2.36. The van der Waals surface area contributed by atoms with E-state index in [0.29, 0.717) is 53.3 Å². The highest BCUT2D eigenvalue weighted by Gasteiger charge is 2.38. The van der Waals surface area contributed by atoms with Crippen molar-refractivity contribution < 1.29 is 114 Å². The van der Waals surface area contributed by atoms with Crippen LogP contribution in [0.2, 0.25) is 19.6 Å². The molecule has 0 unspecified atom stereocenters. The van der Waals surface area contributed by atoms with Gasteiger partial charge in [0, 0.05) is 38.3 Å². The van der Waals surface area contributed by atoms with Crippen LogP contribution in [0.1, 0.15) is 188 Å². The predicted octanol–water partition coefficient (Wildman–Crippen LogP) is 16.3. The largest absolute Gasteiger partial charge is 0.513 e. The maximum Gasteiger partial charge on any atom is 0.513 e. The molecule has 0 saturated heterocycles. The summed E-state index contributed by atoms with van der Waals surface area (Å²) in [5.41, 5.74) is 0.00286. The minimum absolute atomic E-state index is 0. The van der Waals surface area contributed by atoms with Crippen molar-refractivity contribution in [1.82, 2.24) is 15.0 Å². The first-order chi connectivity index (χ1) is 47.6. The molecule has 2 aliphatic heterocycles. The molecule has 8 rings (SSSR count). The lowest BCUT2D eigenvalue weighted by Gasteiger charge is -2.28. The van der Waals surface area contributed by atoms with Gasteiger partial charge in [0.05, 0.1) is 54.0 Å². The third-order valence-electron chi connectivity index (χ3n) is 14.1. The van der Waals surface area contributed by atoms with Crippen LogP contribution in [0.4, 0.5) is 30.0 Å². The number of alkyl halides is 4. The van der Waals surface area contributed by atoms with E-state index in [2.05, 4.69) is 88.4 Å². The molecule has 0 bridgehead atoms. The fourth-order valence-corrected chi connectivity index (χ4v) is 10.5. The van der Waals surface area contributed by atoms with Gasteiger partial charge in [0.25, 0.3) is 23.6 Å². The number of amides is 4. The second kappa shape index (κ2) is 51.1. The average molecular weight is 1580 g/mol. The Labute approximate surface area is 621 Å². The number of imide groups is 2. The second-order valence-corrected chi connectivity index (χ2v) is 35.1. The molecular weight excluding hydrogens is 1480 g/mol. The molecule has 578 valence electrons. The Morgan fingerprint density at radius 2 is 0.913 bits per heavy atom. The van der Waals surface area contributed by atoms with Gasteiger partial charge >= 0.3 is 45.4 Å². The predicted molar refractivity (Wildman–Crippen MR) is 389 cm³/mol. The van der Waals surface area contributed by atoms with Crippen molar-refractivity contribution in [2.45, 2.75) is 179 Å². The van der Waals surface area contributed by atoms with E-state index >= 15 is 0 Å². The smallest absolute Gasteiger partial charge is 0.464 e. The molecule has 2 heterocycles. The molecule has 4 radical (unpaired) electrons. The van der Waals surface area contributed by atoms with Crippen molar-refractivity contribution >= 4 is 148 Å². The summed E-state index contributed by atoms with van der Waals surface area (Å²) in [6.45, 7) is 25.2. The molecule has 0 atom stereocenters. The molecule has 0 aromatic heterocycles. The van der Waals surface area contributed by atoms with E-state index in [1.807, 2.05) is 27.7 Å². The van der Waals surface area contributed by atoms with E-state index < -0.39 is 89.7 Å². The zero-order valence-electron chi connectivity index (χ0n) is 59.4. The van der Waals surface area contributed by atoms with E-state index in [1.54, 1.807) is 18.2 Å². The van der Waals surface area contributed by atoms with Crippen LogP contribution < -0.4 is 9.47 Å². The lowest BCUT2D eigenvalue weighted by Crippen LogP contribution is -2.41. The molecule has 2 saturated carbocycles. The fraction of sp³-hybridized carbons (Fsp3) is 0.582. The Morgan fingerprint density at radius 3 is 1.21 bits per heavy atom. The summed E-state index contributed by atoms with van der Waals surface area (Å²) < 4.78 is 128. The standard InChI is InChI=1S/C17H14FNO8S.C17H15NO6.2C10H17FO2.C8H19N.C3H9ClSi.CH2Cl2.CH4.B2.F2O2S/c1-9(2)8-25-17(22)26-11-6-10-4-3-5-12-14(10)13(7-11)16(21)19(15(12)20)27-28(18,23)24;1-9(2)8-23-17(21)24-11-6-10-4-3-5-12-14(10)13(7-11)16(20)18(22)15(12)19;2*11-8-10(12)13-7-6-9-4-2-1-3-5-9;1-6-9(7(2)3)8(4)5;1-5(2,3)4;2-1-3;;1-2;1-5(2,3)4/h3-7,9H,8H2,1-2H3;3-7,9,22H,8H2,1-2H3;2*9H,1-8H2;7-8H,6H2,1-5H3;1-3H3;1H2;1H4;;. The lowest BCUT2D eigenvalue weighted by molar-refractivity contribution is -0.145. The van der Waals surface area contributed by atoms with Gasteiger partial charge in [-0.2, -0.15) is 27.9 Å². The number of rotatable bonds is 19. The first-order valence-electron chi connectivity index (χ1n) is 32.5. The molecule has 2 fully saturated rings. The van der Waals surface area contributed by atoms with Gasteiger partial charge < -0.3 is 28.4 Å². The van der Waals surface area contributed by atoms with Crippen LogP contribution >= 0.6 is 34.3 Å². The summed E-state index contributed by atoms with van der Waals surface area (Å²) in [4.78, 5) is 95.8. The van der Waals surface area contributed by atoms with Crippen molar-refractivity contribution in [2.75, 3.05) is 51.7 Å². The van der Waals surface area contributed by atoms with Gasteiger partial charge in [-0.25, -0.2) is 28.0 Å². The number of esters is 2. The van der Waals surface area contributed by atoms with Crippen LogP contribution in [0.25, 0.3) is 21.5 Å². The Hall–Kier alpha value is -6.19. The molecule has 2 aliphatic carbocycles. The number of hydrogen-bond acceptors (Lipinski definition) is 21. The number of nitrogens with zero attached hydrogens (tertiary/aromatic N) is 3. The van der Waals surface area contributed by atoms with Crippen LogP contribution in [0.15, 0.2) is 60.7 Å². The van der Waals surface area contributed by atoms with Crippen molar-refractivity contribution in [3.63, 3.8) is 0 Å². The van der Waals surface area contributed by atoms with Crippen LogP contribution in [0.3, 0.4) is 0 Å². The number of benzene rings is 4. The van der Waals surface area contributed by atoms with Gasteiger partial charge in [-0.1, -0.05) is 162 Å². The third kappa shape index (κ3) is 41.3. The summed E-state index contributed by atoms with van der Waals surface area (Å²) in [6, 6.07) is 15.9. The van der Waals surface area contributed by atoms with Crippen LogP contribution in [0, 0.1) is 23.7 Å². The van der Waals surface area contributed by atoms with Crippen LogP contribution in [-0.2, 0) is 53.9 Å². The van der Waals surface area contributed by atoms with Gasteiger partial charge in [-0.05, 0) is 118 Å². The Morgan fingerprint density at radius 1 is 0.592 bits per heavy atom. The van der Waals surface area contributed by atoms with Crippen LogP contribution in [-0.4, -0.2) is 172 Å². The summed E-state index contributed by atoms with van der Waals surface area (Å²) in [6.07, 6.45) is 12.7. The van der Waals surface area contributed by atoms with E-state index in [-0.39, 0.29) is 87.1 Å². The molecule has 4 amide bonds.